The molecule has 0 amide bonds. The molecule has 0 spiro atoms. The Balaban J connectivity index is 2.45. The third-order valence-corrected chi connectivity index (χ3v) is 2.43. The molecular formula is C13H8F3N3. The Morgan fingerprint density at radius 1 is 1.05 bits per heavy atom. The standard InChI is InChI=1S/C13H8F3N3/c14-8-1-2-12(7(3-8)6-17)19-13-10(15)4-9(18)5-11(13)16/h1-5,19H,18H2. The smallest absolute Gasteiger partial charge is 0.151 e. The highest BCUT2D eigenvalue weighted by molar-refractivity contribution is 5.68. The Bertz CT molecular complexity index is 654. The van der Waals surface area contributed by atoms with Crippen LogP contribution in [0.3, 0.4) is 0 Å². The minimum absolute atomic E-state index is 0.0554. The Kier molecular flexibility index (Phi) is 3.29. The van der Waals surface area contributed by atoms with Crippen molar-refractivity contribution in [2.45, 2.75) is 0 Å². The average molecular weight is 263 g/mol. The molecule has 0 heterocycles. The molecule has 0 aliphatic rings. The van der Waals surface area contributed by atoms with E-state index in [4.69, 9.17) is 11.0 Å². The van der Waals surface area contributed by atoms with Crippen LogP contribution in [0.15, 0.2) is 30.3 Å². The van der Waals surface area contributed by atoms with Gasteiger partial charge in [-0.05, 0) is 30.3 Å². The molecular weight excluding hydrogens is 255 g/mol. The lowest BCUT2D eigenvalue weighted by atomic mass is 10.1. The van der Waals surface area contributed by atoms with Gasteiger partial charge < -0.3 is 11.1 Å². The lowest BCUT2D eigenvalue weighted by Gasteiger charge is -2.10. The molecule has 19 heavy (non-hydrogen) atoms. The normalized spacial score (nSPS) is 10.0. The van der Waals surface area contributed by atoms with Crippen molar-refractivity contribution in [1.29, 1.82) is 5.26 Å². The third kappa shape index (κ3) is 2.60. The average Bonchev–Trinajstić information content (AvgIpc) is 2.35. The van der Waals surface area contributed by atoms with Gasteiger partial charge in [-0.25, -0.2) is 13.2 Å². The molecule has 0 unspecified atom stereocenters. The molecule has 0 aliphatic heterocycles. The fraction of sp³-hybridized carbons (Fsp3) is 0. The van der Waals surface area contributed by atoms with Gasteiger partial charge in [-0.3, -0.25) is 0 Å². The highest BCUT2D eigenvalue weighted by Gasteiger charge is 2.12. The number of benzene rings is 2. The molecule has 0 aromatic heterocycles. The first-order valence-corrected chi connectivity index (χ1v) is 5.22. The summed E-state index contributed by atoms with van der Waals surface area (Å²) in [7, 11) is 0. The fourth-order valence-corrected chi connectivity index (χ4v) is 1.56. The van der Waals surface area contributed by atoms with Crippen LogP contribution in [0.25, 0.3) is 0 Å². The number of rotatable bonds is 2. The van der Waals surface area contributed by atoms with Crippen molar-refractivity contribution in [3.8, 4) is 6.07 Å². The molecule has 2 aromatic carbocycles. The van der Waals surface area contributed by atoms with Crippen molar-refractivity contribution in [1.82, 2.24) is 0 Å². The Morgan fingerprint density at radius 2 is 1.68 bits per heavy atom. The van der Waals surface area contributed by atoms with Gasteiger partial charge in [0.15, 0.2) is 11.6 Å². The highest BCUT2D eigenvalue weighted by Crippen LogP contribution is 2.27. The SMILES string of the molecule is N#Cc1cc(F)ccc1Nc1c(F)cc(N)cc1F. The monoisotopic (exact) mass is 263 g/mol. The Hall–Kier alpha value is -2.68. The Labute approximate surface area is 107 Å². The molecule has 96 valence electrons. The molecule has 0 fully saturated rings. The number of halogens is 3. The lowest BCUT2D eigenvalue weighted by molar-refractivity contribution is 0.592. The number of nitrogens with zero attached hydrogens (tertiary/aromatic N) is 1. The summed E-state index contributed by atoms with van der Waals surface area (Å²) in [5.74, 6) is -2.41. The molecule has 0 bridgehead atoms. The zero-order chi connectivity index (χ0) is 14.0. The highest BCUT2D eigenvalue weighted by atomic mass is 19.1. The molecule has 2 rings (SSSR count). The van der Waals surface area contributed by atoms with E-state index in [1.54, 1.807) is 6.07 Å². The van der Waals surface area contributed by atoms with E-state index in [0.717, 1.165) is 24.3 Å². The van der Waals surface area contributed by atoms with E-state index in [0.29, 0.717) is 0 Å². The van der Waals surface area contributed by atoms with Crippen molar-refractivity contribution in [2.75, 3.05) is 11.1 Å². The van der Waals surface area contributed by atoms with Crippen LogP contribution in [-0.2, 0) is 0 Å². The van der Waals surface area contributed by atoms with E-state index >= 15 is 0 Å². The van der Waals surface area contributed by atoms with Crippen LogP contribution in [0, 0.1) is 28.8 Å². The summed E-state index contributed by atoms with van der Waals surface area (Å²) in [5.41, 5.74) is 4.83. The van der Waals surface area contributed by atoms with Crippen molar-refractivity contribution < 1.29 is 13.2 Å². The minimum Gasteiger partial charge on any atom is -0.399 e. The van der Waals surface area contributed by atoms with Gasteiger partial charge >= 0.3 is 0 Å². The fourth-order valence-electron chi connectivity index (χ4n) is 1.56. The predicted octanol–water partition coefficient (Wildman–Crippen LogP) is 3.30. The van der Waals surface area contributed by atoms with Crippen LogP contribution in [0.1, 0.15) is 5.56 Å². The van der Waals surface area contributed by atoms with Gasteiger partial charge in [0.25, 0.3) is 0 Å². The third-order valence-electron chi connectivity index (χ3n) is 2.43. The van der Waals surface area contributed by atoms with Gasteiger partial charge in [0.05, 0.1) is 11.3 Å². The number of nitrogens with two attached hydrogens (primary N) is 1. The maximum absolute atomic E-state index is 13.6. The molecule has 0 saturated heterocycles. The van der Waals surface area contributed by atoms with E-state index in [1.807, 2.05) is 0 Å². The summed E-state index contributed by atoms with van der Waals surface area (Å²) in [6.45, 7) is 0. The van der Waals surface area contributed by atoms with Gasteiger partial charge in [0.1, 0.15) is 17.6 Å². The molecule has 2 aromatic rings. The van der Waals surface area contributed by atoms with Crippen LogP contribution >= 0.6 is 0 Å². The zero-order valence-corrected chi connectivity index (χ0v) is 9.55. The number of hydrogen-bond donors (Lipinski definition) is 2. The van der Waals surface area contributed by atoms with Crippen LogP contribution < -0.4 is 11.1 Å². The van der Waals surface area contributed by atoms with Gasteiger partial charge in [0, 0.05) is 5.69 Å². The molecule has 6 heteroatoms. The largest absolute Gasteiger partial charge is 0.399 e. The van der Waals surface area contributed by atoms with E-state index in [1.165, 1.54) is 6.07 Å². The minimum atomic E-state index is -0.897. The quantitative estimate of drug-likeness (QED) is 0.817. The summed E-state index contributed by atoms with van der Waals surface area (Å²) in [6, 6.07) is 6.90. The van der Waals surface area contributed by atoms with E-state index < -0.39 is 23.1 Å². The Morgan fingerprint density at radius 3 is 2.26 bits per heavy atom. The molecule has 0 aliphatic carbocycles. The number of anilines is 3. The first-order valence-electron chi connectivity index (χ1n) is 5.22. The van der Waals surface area contributed by atoms with Crippen molar-refractivity contribution in [3.05, 3.63) is 53.3 Å². The van der Waals surface area contributed by atoms with E-state index in [2.05, 4.69) is 5.32 Å². The number of nitriles is 1. The topological polar surface area (TPSA) is 61.8 Å². The maximum atomic E-state index is 13.6. The van der Waals surface area contributed by atoms with Gasteiger partial charge in [-0.2, -0.15) is 5.26 Å². The molecule has 0 saturated carbocycles. The summed E-state index contributed by atoms with van der Waals surface area (Å²) in [4.78, 5) is 0. The second-order valence-electron chi connectivity index (χ2n) is 3.79. The summed E-state index contributed by atoms with van der Waals surface area (Å²) < 4.78 is 40.1. The second kappa shape index (κ2) is 4.90. The molecule has 3 nitrogen and oxygen atoms in total. The van der Waals surface area contributed by atoms with Crippen LogP contribution in [0.5, 0.6) is 0 Å². The maximum Gasteiger partial charge on any atom is 0.151 e. The van der Waals surface area contributed by atoms with Crippen molar-refractivity contribution in [3.63, 3.8) is 0 Å². The lowest BCUT2D eigenvalue weighted by Crippen LogP contribution is -2.01. The zero-order valence-electron chi connectivity index (χ0n) is 9.55. The van der Waals surface area contributed by atoms with Crippen LogP contribution in [-0.4, -0.2) is 0 Å². The van der Waals surface area contributed by atoms with Gasteiger partial charge in [-0.1, -0.05) is 0 Å². The van der Waals surface area contributed by atoms with E-state index in [9.17, 15) is 13.2 Å². The van der Waals surface area contributed by atoms with Crippen LogP contribution in [0.2, 0.25) is 0 Å². The van der Waals surface area contributed by atoms with Crippen molar-refractivity contribution in [2.24, 2.45) is 0 Å². The second-order valence-corrected chi connectivity index (χ2v) is 3.79. The van der Waals surface area contributed by atoms with Crippen LogP contribution in [0.4, 0.5) is 30.2 Å². The number of hydrogen-bond acceptors (Lipinski definition) is 3. The van der Waals surface area contributed by atoms with Gasteiger partial charge in [0.2, 0.25) is 0 Å². The van der Waals surface area contributed by atoms with Gasteiger partial charge in [-0.15, -0.1) is 0 Å². The predicted molar refractivity (Wildman–Crippen MR) is 65.2 cm³/mol. The number of nitrogens with one attached hydrogen (secondary N) is 1. The first kappa shape index (κ1) is 12.8. The first-order chi connectivity index (χ1) is 9.01. The molecule has 0 atom stereocenters. The molecule has 3 N–H and O–H groups in total. The summed E-state index contributed by atoms with van der Waals surface area (Å²) in [6.07, 6.45) is 0. The molecule has 0 radical (unpaired) electrons. The summed E-state index contributed by atoms with van der Waals surface area (Å²) >= 11 is 0. The van der Waals surface area contributed by atoms with E-state index in [-0.39, 0.29) is 16.9 Å². The number of nitrogen functional groups attached to an aromatic ring is 1. The van der Waals surface area contributed by atoms with Crippen molar-refractivity contribution >= 4 is 17.1 Å². The summed E-state index contributed by atoms with van der Waals surface area (Å²) in [5, 5.41) is 11.3.